The Hall–Kier alpha value is -2.61. The summed E-state index contributed by atoms with van der Waals surface area (Å²) >= 11 is 0. The van der Waals surface area contributed by atoms with Crippen LogP contribution in [0.15, 0.2) is 54.6 Å². The highest BCUT2D eigenvalue weighted by atomic mass is 15.0. The van der Waals surface area contributed by atoms with Crippen molar-refractivity contribution in [3.8, 4) is 11.3 Å². The molecule has 2 aromatic carbocycles. The average molecular weight is 298 g/mol. The van der Waals surface area contributed by atoms with Gasteiger partial charge >= 0.3 is 0 Å². The SMILES string of the molecule is Cc1nc(-c2ccccc2)c2c3c1c1ccccc1n3CCC2. The highest BCUT2D eigenvalue weighted by molar-refractivity contribution is 6.11. The van der Waals surface area contributed by atoms with Crippen LogP contribution < -0.4 is 0 Å². The molecule has 4 aromatic rings. The first-order chi connectivity index (χ1) is 11.3. The average Bonchev–Trinajstić information content (AvgIpc) is 2.95. The first-order valence-electron chi connectivity index (χ1n) is 8.30. The van der Waals surface area contributed by atoms with E-state index in [1.165, 1.54) is 45.0 Å². The van der Waals surface area contributed by atoms with Gasteiger partial charge in [-0.15, -0.1) is 0 Å². The maximum atomic E-state index is 5.03. The number of hydrogen-bond acceptors (Lipinski definition) is 1. The number of aromatic nitrogens is 2. The topological polar surface area (TPSA) is 17.8 Å². The third-order valence-electron chi connectivity index (χ3n) is 5.04. The van der Waals surface area contributed by atoms with Gasteiger partial charge in [0.15, 0.2) is 0 Å². The molecule has 0 spiro atoms. The van der Waals surface area contributed by atoms with Crippen LogP contribution in [0.3, 0.4) is 0 Å². The normalized spacial score (nSPS) is 13.8. The Bertz CT molecular complexity index is 1040. The summed E-state index contributed by atoms with van der Waals surface area (Å²) in [7, 11) is 0. The van der Waals surface area contributed by atoms with Crippen molar-refractivity contribution in [1.82, 2.24) is 9.55 Å². The molecule has 2 aromatic heterocycles. The van der Waals surface area contributed by atoms with E-state index in [9.17, 15) is 0 Å². The predicted octanol–water partition coefficient (Wildman–Crippen LogP) is 5.11. The van der Waals surface area contributed by atoms with Crippen molar-refractivity contribution in [2.75, 3.05) is 0 Å². The molecule has 0 aliphatic carbocycles. The van der Waals surface area contributed by atoms with E-state index in [1.54, 1.807) is 0 Å². The van der Waals surface area contributed by atoms with Gasteiger partial charge in [-0.2, -0.15) is 0 Å². The minimum Gasteiger partial charge on any atom is -0.340 e. The lowest BCUT2D eigenvalue weighted by atomic mass is 9.96. The zero-order valence-corrected chi connectivity index (χ0v) is 13.2. The van der Waals surface area contributed by atoms with Gasteiger partial charge in [0, 0.05) is 39.7 Å². The van der Waals surface area contributed by atoms with Crippen molar-refractivity contribution >= 4 is 21.8 Å². The van der Waals surface area contributed by atoms with Gasteiger partial charge in [0.2, 0.25) is 0 Å². The first-order valence-corrected chi connectivity index (χ1v) is 8.30. The number of benzene rings is 2. The second kappa shape index (κ2) is 4.69. The van der Waals surface area contributed by atoms with Crippen LogP contribution >= 0.6 is 0 Å². The predicted molar refractivity (Wildman–Crippen MR) is 95.7 cm³/mol. The summed E-state index contributed by atoms with van der Waals surface area (Å²) in [6.45, 7) is 3.26. The van der Waals surface area contributed by atoms with Crippen molar-refractivity contribution in [3.63, 3.8) is 0 Å². The first kappa shape index (κ1) is 12.9. The van der Waals surface area contributed by atoms with Crippen molar-refractivity contribution in [2.45, 2.75) is 26.3 Å². The number of para-hydroxylation sites is 1. The summed E-state index contributed by atoms with van der Waals surface area (Å²) in [4.78, 5) is 5.03. The van der Waals surface area contributed by atoms with Gasteiger partial charge in [0.1, 0.15) is 0 Å². The maximum Gasteiger partial charge on any atom is 0.0758 e. The van der Waals surface area contributed by atoms with Crippen LogP contribution in [-0.4, -0.2) is 9.55 Å². The van der Waals surface area contributed by atoms with Gasteiger partial charge in [-0.05, 0) is 25.8 Å². The van der Waals surface area contributed by atoms with Gasteiger partial charge < -0.3 is 4.57 Å². The molecule has 5 rings (SSSR count). The van der Waals surface area contributed by atoms with Gasteiger partial charge in [-0.1, -0.05) is 48.5 Å². The number of hydrogen-bond donors (Lipinski definition) is 0. The zero-order valence-electron chi connectivity index (χ0n) is 13.2. The molecule has 0 bridgehead atoms. The van der Waals surface area contributed by atoms with Gasteiger partial charge in [-0.3, -0.25) is 4.98 Å². The minimum atomic E-state index is 1.11. The second-order valence-corrected chi connectivity index (χ2v) is 6.39. The molecule has 23 heavy (non-hydrogen) atoms. The van der Waals surface area contributed by atoms with Gasteiger partial charge in [-0.25, -0.2) is 0 Å². The molecule has 0 unspecified atom stereocenters. The number of aryl methyl sites for hydroxylation is 3. The maximum absolute atomic E-state index is 5.03. The van der Waals surface area contributed by atoms with E-state index >= 15 is 0 Å². The van der Waals surface area contributed by atoms with E-state index in [-0.39, 0.29) is 0 Å². The summed E-state index contributed by atoms with van der Waals surface area (Å²) in [6, 6.07) is 19.4. The molecule has 0 amide bonds. The highest BCUT2D eigenvalue weighted by Crippen LogP contribution is 2.39. The van der Waals surface area contributed by atoms with E-state index in [2.05, 4.69) is 66.1 Å². The lowest BCUT2D eigenvalue weighted by Crippen LogP contribution is -2.10. The standard InChI is InChI=1S/C21H18N2/c1-14-19-16-10-5-6-12-18(16)23-13-7-11-17(21(19)23)20(22-14)15-8-3-2-4-9-15/h2-6,8-10,12H,7,11,13H2,1H3. The van der Waals surface area contributed by atoms with Crippen LogP contribution in [0, 0.1) is 6.92 Å². The summed E-state index contributed by atoms with van der Waals surface area (Å²) in [5, 5.41) is 2.69. The van der Waals surface area contributed by atoms with Gasteiger partial charge in [0.05, 0.1) is 11.2 Å². The molecule has 0 saturated carbocycles. The number of rotatable bonds is 1. The highest BCUT2D eigenvalue weighted by Gasteiger charge is 2.23. The van der Waals surface area contributed by atoms with Crippen molar-refractivity contribution < 1.29 is 0 Å². The Morgan fingerprint density at radius 3 is 2.61 bits per heavy atom. The van der Waals surface area contributed by atoms with Crippen LogP contribution in [0.1, 0.15) is 17.7 Å². The number of pyridine rings is 1. The lowest BCUT2D eigenvalue weighted by molar-refractivity contribution is 0.650. The van der Waals surface area contributed by atoms with E-state index in [4.69, 9.17) is 4.98 Å². The molecule has 3 heterocycles. The zero-order chi connectivity index (χ0) is 15.4. The Morgan fingerprint density at radius 1 is 0.957 bits per heavy atom. The molecule has 0 N–H and O–H groups in total. The largest absolute Gasteiger partial charge is 0.340 e. The molecule has 2 heteroatoms. The summed E-state index contributed by atoms with van der Waals surface area (Å²) in [5.41, 5.74) is 7.70. The summed E-state index contributed by atoms with van der Waals surface area (Å²) in [5.74, 6) is 0. The molecular formula is C21H18N2. The fourth-order valence-electron chi connectivity index (χ4n) is 4.10. The summed E-state index contributed by atoms with van der Waals surface area (Å²) in [6.07, 6.45) is 2.30. The van der Waals surface area contributed by atoms with E-state index in [0.717, 1.165) is 18.7 Å². The molecule has 0 radical (unpaired) electrons. The van der Waals surface area contributed by atoms with Crippen LogP contribution in [0.25, 0.3) is 33.1 Å². The lowest BCUT2D eigenvalue weighted by Gasteiger charge is -2.20. The van der Waals surface area contributed by atoms with Crippen LogP contribution in [0.5, 0.6) is 0 Å². The molecule has 112 valence electrons. The molecule has 1 aliphatic rings. The molecule has 2 nitrogen and oxygen atoms in total. The monoisotopic (exact) mass is 298 g/mol. The van der Waals surface area contributed by atoms with E-state index < -0.39 is 0 Å². The molecule has 1 aliphatic heterocycles. The molecule has 0 atom stereocenters. The van der Waals surface area contributed by atoms with Crippen molar-refractivity contribution in [3.05, 3.63) is 65.9 Å². The second-order valence-electron chi connectivity index (χ2n) is 6.39. The van der Waals surface area contributed by atoms with Gasteiger partial charge in [0.25, 0.3) is 0 Å². The number of nitrogens with zero attached hydrogens (tertiary/aromatic N) is 2. The van der Waals surface area contributed by atoms with Crippen LogP contribution in [0.2, 0.25) is 0 Å². The molecular weight excluding hydrogens is 280 g/mol. The minimum absolute atomic E-state index is 1.11. The molecule has 0 saturated heterocycles. The quantitative estimate of drug-likeness (QED) is 0.477. The fraction of sp³-hybridized carbons (Fsp3) is 0.190. The van der Waals surface area contributed by atoms with Crippen molar-refractivity contribution in [1.29, 1.82) is 0 Å². The van der Waals surface area contributed by atoms with Crippen LogP contribution in [-0.2, 0) is 13.0 Å². The van der Waals surface area contributed by atoms with E-state index in [0.29, 0.717) is 0 Å². The van der Waals surface area contributed by atoms with Crippen molar-refractivity contribution in [2.24, 2.45) is 0 Å². The Kier molecular flexibility index (Phi) is 2.63. The fourth-order valence-corrected chi connectivity index (χ4v) is 4.10. The Morgan fingerprint density at radius 2 is 1.74 bits per heavy atom. The third-order valence-corrected chi connectivity index (χ3v) is 5.04. The summed E-state index contributed by atoms with van der Waals surface area (Å²) < 4.78 is 2.50. The van der Waals surface area contributed by atoms with Crippen LogP contribution in [0.4, 0.5) is 0 Å². The smallest absolute Gasteiger partial charge is 0.0758 e. The third kappa shape index (κ3) is 1.72. The molecule has 0 fully saturated rings. The Balaban J connectivity index is 1.99. The van der Waals surface area contributed by atoms with E-state index in [1.807, 2.05) is 0 Å². The Labute approximate surface area is 135 Å². The number of fused-ring (bicyclic) bond motifs is 3.